The van der Waals surface area contributed by atoms with Crippen molar-refractivity contribution in [3.8, 4) is 0 Å². The van der Waals surface area contributed by atoms with E-state index in [1.54, 1.807) is 0 Å². The summed E-state index contributed by atoms with van der Waals surface area (Å²) < 4.78 is 0. The zero-order valence-corrected chi connectivity index (χ0v) is 20.1. The van der Waals surface area contributed by atoms with Gasteiger partial charge in [0.05, 0.1) is 0 Å². The summed E-state index contributed by atoms with van der Waals surface area (Å²) in [5, 5.41) is 0.643. The van der Waals surface area contributed by atoms with Crippen LogP contribution in [-0.2, 0) is 11.8 Å². The summed E-state index contributed by atoms with van der Waals surface area (Å²) in [6, 6.07) is 15.5. The summed E-state index contributed by atoms with van der Waals surface area (Å²) in [5.74, 6) is 2.08. The van der Waals surface area contributed by atoms with Gasteiger partial charge in [-0.1, -0.05) is 61.8 Å². The second-order valence-corrected chi connectivity index (χ2v) is 12.6. The average molecular weight is 449 g/mol. The quantitative estimate of drug-likeness (QED) is 0.305. The number of fused-ring (bicyclic) bond motifs is 3. The monoisotopic (exact) mass is 448 g/mol. The minimum absolute atomic E-state index is 0.230. The molecule has 0 aromatic heterocycles. The predicted octanol–water partition coefficient (Wildman–Crippen LogP) is 7.01. The van der Waals surface area contributed by atoms with Gasteiger partial charge < -0.3 is 0 Å². The van der Waals surface area contributed by atoms with Gasteiger partial charge in [-0.2, -0.15) is 0 Å². The molecule has 0 amide bonds. The number of nitrogens with zero attached hydrogens (tertiary/aromatic N) is 2. The van der Waals surface area contributed by atoms with Crippen LogP contribution in [0.1, 0.15) is 68.7 Å². The normalized spacial score (nSPS) is 32.8. The predicted molar refractivity (Wildman–Crippen MR) is 132 cm³/mol. The summed E-state index contributed by atoms with van der Waals surface area (Å²) in [7, 11) is 0. The molecule has 0 saturated heterocycles. The fourth-order valence-corrected chi connectivity index (χ4v) is 8.27. The van der Waals surface area contributed by atoms with Crippen LogP contribution in [0.2, 0.25) is 0 Å². The summed E-state index contributed by atoms with van der Waals surface area (Å²) >= 11 is 8.98. The maximum absolute atomic E-state index is 6.88. The molecular formula is C27H29ClN2S. The molecule has 0 spiro atoms. The van der Waals surface area contributed by atoms with Crippen LogP contribution in [0.4, 0.5) is 0 Å². The topological polar surface area (TPSA) is 24.7 Å². The number of halogens is 1. The minimum Gasteiger partial charge on any atom is -0.243 e. The van der Waals surface area contributed by atoms with Crippen LogP contribution in [-0.4, -0.2) is 21.8 Å². The third-order valence-corrected chi connectivity index (χ3v) is 9.55. The van der Waals surface area contributed by atoms with Crippen molar-refractivity contribution in [2.75, 3.05) is 0 Å². The molecule has 2 aromatic carbocycles. The van der Waals surface area contributed by atoms with Crippen molar-refractivity contribution in [2.45, 2.75) is 73.4 Å². The number of hydrogen-bond acceptors (Lipinski definition) is 3. The van der Waals surface area contributed by atoms with Gasteiger partial charge in [-0.15, -0.1) is 11.8 Å². The van der Waals surface area contributed by atoms with Crippen LogP contribution in [0.25, 0.3) is 0 Å². The first kappa shape index (κ1) is 20.1. The lowest BCUT2D eigenvalue weighted by molar-refractivity contribution is 0.218. The molecule has 4 aliphatic rings. The lowest BCUT2D eigenvalue weighted by Gasteiger charge is -2.49. The van der Waals surface area contributed by atoms with Crippen LogP contribution in [0.15, 0.2) is 57.3 Å². The van der Waals surface area contributed by atoms with Crippen LogP contribution >= 0.6 is 23.4 Å². The van der Waals surface area contributed by atoms with E-state index < -0.39 is 5.00 Å². The van der Waals surface area contributed by atoms with E-state index in [-0.39, 0.29) is 5.41 Å². The maximum Gasteiger partial charge on any atom is 0.156 e. The van der Waals surface area contributed by atoms with Crippen molar-refractivity contribution in [3.63, 3.8) is 0 Å². The fraction of sp³-hybridized carbons (Fsp3) is 0.481. The van der Waals surface area contributed by atoms with E-state index in [4.69, 9.17) is 21.6 Å². The van der Waals surface area contributed by atoms with Gasteiger partial charge in [0.1, 0.15) is 5.00 Å². The van der Waals surface area contributed by atoms with E-state index in [0.29, 0.717) is 17.1 Å². The Kier molecular flexibility index (Phi) is 4.50. The molecule has 4 heteroatoms. The number of aliphatic imine (C=N–C) groups is 2. The highest BCUT2D eigenvalue weighted by Gasteiger charge is 2.47. The lowest BCUT2D eigenvalue weighted by atomic mass is 9.64. The van der Waals surface area contributed by atoms with Gasteiger partial charge in [-0.25, -0.2) is 9.98 Å². The molecule has 160 valence electrons. The van der Waals surface area contributed by atoms with E-state index >= 15 is 0 Å². The van der Waals surface area contributed by atoms with Crippen molar-refractivity contribution < 1.29 is 0 Å². The number of alkyl halides is 1. The molecule has 2 nitrogen and oxygen atoms in total. The summed E-state index contributed by atoms with van der Waals surface area (Å²) in [4.78, 5) is 10.9. The van der Waals surface area contributed by atoms with Crippen LogP contribution < -0.4 is 0 Å². The average Bonchev–Trinajstić information content (AvgIpc) is 3.52. The first-order valence-corrected chi connectivity index (χ1v) is 12.8. The Morgan fingerprint density at radius 1 is 1.03 bits per heavy atom. The number of hydrogen-bond donors (Lipinski definition) is 0. The Labute approximate surface area is 194 Å². The zero-order chi connectivity index (χ0) is 21.4. The largest absolute Gasteiger partial charge is 0.243 e. The van der Waals surface area contributed by atoms with Crippen molar-refractivity contribution in [3.05, 3.63) is 64.7 Å². The highest BCUT2D eigenvalue weighted by molar-refractivity contribution is 8.00. The molecule has 1 fully saturated rings. The molecule has 31 heavy (non-hydrogen) atoms. The van der Waals surface area contributed by atoms with Crippen molar-refractivity contribution in [2.24, 2.45) is 21.8 Å². The molecule has 0 N–H and O–H groups in total. The molecule has 2 aliphatic carbocycles. The SMILES string of the molecule is CC1(Cl)CC(C2CC[C@@H]3C(C2)Sc2ccccc2C3(C)C)=NC(c2cccc3c2C3)=N1. The van der Waals surface area contributed by atoms with Gasteiger partial charge in [0.15, 0.2) is 5.84 Å². The zero-order valence-electron chi connectivity index (χ0n) is 18.5. The van der Waals surface area contributed by atoms with Gasteiger partial charge in [-0.3, -0.25) is 0 Å². The van der Waals surface area contributed by atoms with Gasteiger partial charge in [0, 0.05) is 27.8 Å². The standard InChI is InChI=1S/C27H29ClN2S/c1-26(2)20-9-4-5-10-23(20)31-24-14-17(11-12-21(24)26)22-15-27(3,28)30-25(29-22)18-8-6-7-16-13-19(16)18/h4-10,17,21,24H,11-15H2,1-3H3/t17?,21-,24?,27?/m1/s1. The van der Waals surface area contributed by atoms with Crippen molar-refractivity contribution >= 4 is 34.9 Å². The molecular weight excluding hydrogens is 420 g/mol. The van der Waals surface area contributed by atoms with Gasteiger partial charge in [0.25, 0.3) is 0 Å². The van der Waals surface area contributed by atoms with E-state index in [1.165, 1.54) is 52.1 Å². The number of rotatable bonds is 2. The first-order valence-electron chi connectivity index (χ1n) is 11.6. The Morgan fingerprint density at radius 2 is 1.87 bits per heavy atom. The molecule has 0 radical (unpaired) electrons. The third-order valence-electron chi connectivity index (χ3n) is 7.90. The highest BCUT2D eigenvalue weighted by Crippen LogP contribution is 2.55. The first-order chi connectivity index (χ1) is 14.8. The Balaban J connectivity index is 1.30. The smallest absolute Gasteiger partial charge is 0.156 e. The lowest BCUT2D eigenvalue weighted by Crippen LogP contribution is -2.45. The molecule has 4 atom stereocenters. The Hall–Kier alpha value is -1.58. The Morgan fingerprint density at radius 3 is 2.74 bits per heavy atom. The van der Waals surface area contributed by atoms with Crippen molar-refractivity contribution in [1.29, 1.82) is 0 Å². The van der Waals surface area contributed by atoms with Gasteiger partial charge >= 0.3 is 0 Å². The maximum atomic E-state index is 6.88. The van der Waals surface area contributed by atoms with Crippen LogP contribution in [0, 0.1) is 11.8 Å². The number of thioether (sulfide) groups is 1. The van der Waals surface area contributed by atoms with Gasteiger partial charge in [0.2, 0.25) is 0 Å². The second-order valence-electron chi connectivity index (χ2n) is 10.5. The molecule has 6 rings (SSSR count). The van der Waals surface area contributed by atoms with Crippen LogP contribution in [0.5, 0.6) is 0 Å². The number of amidine groups is 1. The van der Waals surface area contributed by atoms with E-state index in [1.807, 2.05) is 6.92 Å². The molecule has 1 saturated carbocycles. The minimum atomic E-state index is -0.591. The van der Waals surface area contributed by atoms with Crippen LogP contribution in [0.3, 0.4) is 0 Å². The van der Waals surface area contributed by atoms with E-state index in [2.05, 4.69) is 68.1 Å². The molecule has 3 unspecified atom stereocenters. The molecule has 2 heterocycles. The Bertz CT molecular complexity index is 1130. The van der Waals surface area contributed by atoms with E-state index in [9.17, 15) is 0 Å². The number of benzene rings is 2. The fourth-order valence-electron chi connectivity index (χ4n) is 6.14. The molecule has 2 aliphatic heterocycles. The highest BCUT2D eigenvalue weighted by atomic mass is 35.5. The summed E-state index contributed by atoms with van der Waals surface area (Å²) in [6.07, 6.45) is 5.50. The van der Waals surface area contributed by atoms with Gasteiger partial charge in [-0.05, 0) is 72.6 Å². The summed E-state index contributed by atoms with van der Waals surface area (Å²) in [5.41, 5.74) is 7.06. The second kappa shape index (κ2) is 6.96. The third kappa shape index (κ3) is 3.40. The summed E-state index contributed by atoms with van der Waals surface area (Å²) in [6.45, 7) is 6.95. The molecule has 2 aromatic rings. The van der Waals surface area contributed by atoms with E-state index in [0.717, 1.165) is 18.7 Å². The van der Waals surface area contributed by atoms with Crippen molar-refractivity contribution in [1.82, 2.24) is 0 Å². The molecule has 0 bridgehead atoms.